The summed E-state index contributed by atoms with van der Waals surface area (Å²) in [5, 5.41) is 13.3. The number of methoxy groups -OCH3 is 2. The van der Waals surface area contributed by atoms with Crippen molar-refractivity contribution in [1.29, 1.82) is 0 Å². The van der Waals surface area contributed by atoms with Crippen molar-refractivity contribution in [1.82, 2.24) is 25.3 Å². The quantitative estimate of drug-likeness (QED) is 0.325. The Morgan fingerprint density at radius 2 is 1.88 bits per heavy atom. The summed E-state index contributed by atoms with van der Waals surface area (Å²) in [6.45, 7) is 6.22. The highest BCUT2D eigenvalue weighted by molar-refractivity contribution is 7.18. The zero-order valence-corrected chi connectivity index (χ0v) is 20.5. The van der Waals surface area contributed by atoms with Crippen LogP contribution in [0.2, 0.25) is 0 Å². The van der Waals surface area contributed by atoms with Crippen LogP contribution in [0.15, 0.2) is 42.6 Å². The van der Waals surface area contributed by atoms with Gasteiger partial charge in [-0.3, -0.25) is 0 Å². The van der Waals surface area contributed by atoms with E-state index in [4.69, 9.17) is 14.5 Å². The van der Waals surface area contributed by atoms with E-state index in [0.29, 0.717) is 11.5 Å². The first kappa shape index (κ1) is 23.2. The highest BCUT2D eigenvalue weighted by atomic mass is 32.1. The molecule has 0 aliphatic rings. The molecule has 0 amide bonds. The molecule has 0 aliphatic heterocycles. The van der Waals surface area contributed by atoms with Crippen molar-refractivity contribution in [2.75, 3.05) is 27.3 Å². The first-order valence-electron chi connectivity index (χ1n) is 11.4. The van der Waals surface area contributed by atoms with Gasteiger partial charge in [0.15, 0.2) is 11.5 Å². The summed E-state index contributed by atoms with van der Waals surface area (Å²) in [5.41, 5.74) is 4.28. The molecule has 4 rings (SSSR count). The molecule has 0 aliphatic carbocycles. The predicted octanol–water partition coefficient (Wildman–Crippen LogP) is 4.65. The van der Waals surface area contributed by atoms with E-state index >= 15 is 0 Å². The SMILES string of the molecule is CCCNCCc1cn(C(c2ccc(OC)c(OC)c2)c2nc3ccc(CC)cc3s2)nn1. The molecular formula is C25H31N5O2S. The lowest BCUT2D eigenvalue weighted by molar-refractivity contribution is 0.354. The summed E-state index contributed by atoms with van der Waals surface area (Å²) < 4.78 is 14.1. The molecule has 7 nitrogen and oxygen atoms in total. The summed E-state index contributed by atoms with van der Waals surface area (Å²) >= 11 is 1.70. The number of hydrogen-bond donors (Lipinski definition) is 1. The molecular weight excluding hydrogens is 434 g/mol. The van der Waals surface area contributed by atoms with Gasteiger partial charge in [-0.1, -0.05) is 31.2 Å². The van der Waals surface area contributed by atoms with Gasteiger partial charge in [0.1, 0.15) is 11.0 Å². The van der Waals surface area contributed by atoms with Crippen LogP contribution >= 0.6 is 11.3 Å². The molecule has 1 unspecified atom stereocenters. The maximum absolute atomic E-state index is 5.57. The molecule has 0 saturated heterocycles. The second kappa shape index (κ2) is 10.8. The average Bonchev–Trinajstić information content (AvgIpc) is 3.48. The molecule has 0 saturated carbocycles. The van der Waals surface area contributed by atoms with E-state index in [-0.39, 0.29) is 6.04 Å². The van der Waals surface area contributed by atoms with E-state index in [1.54, 1.807) is 25.6 Å². The van der Waals surface area contributed by atoms with Crippen LogP contribution < -0.4 is 14.8 Å². The van der Waals surface area contributed by atoms with Gasteiger partial charge < -0.3 is 14.8 Å². The van der Waals surface area contributed by atoms with Crippen LogP contribution in [-0.4, -0.2) is 47.3 Å². The van der Waals surface area contributed by atoms with Crippen molar-refractivity contribution in [3.8, 4) is 11.5 Å². The molecule has 0 fully saturated rings. The lowest BCUT2D eigenvalue weighted by atomic mass is 10.1. The van der Waals surface area contributed by atoms with E-state index in [1.165, 1.54) is 10.3 Å². The number of aromatic nitrogens is 4. The minimum atomic E-state index is -0.211. The van der Waals surface area contributed by atoms with Gasteiger partial charge in [0.2, 0.25) is 0 Å². The first-order chi connectivity index (χ1) is 16.2. The van der Waals surface area contributed by atoms with E-state index in [2.05, 4.69) is 47.7 Å². The van der Waals surface area contributed by atoms with E-state index in [1.807, 2.05) is 29.1 Å². The van der Waals surface area contributed by atoms with Gasteiger partial charge in [0, 0.05) is 19.2 Å². The Hall–Kier alpha value is -2.97. The normalized spacial score (nSPS) is 12.2. The second-order valence-electron chi connectivity index (χ2n) is 7.91. The fourth-order valence-electron chi connectivity index (χ4n) is 3.83. The van der Waals surface area contributed by atoms with Crippen molar-refractivity contribution in [2.45, 2.75) is 39.2 Å². The summed E-state index contributed by atoms with van der Waals surface area (Å²) in [6.07, 6.45) is 4.98. The van der Waals surface area contributed by atoms with Gasteiger partial charge in [-0.05, 0) is 54.8 Å². The standard InChI is InChI=1S/C25H31N5O2S/c1-5-12-26-13-11-19-16-30(29-28-19)24(18-8-10-21(31-3)22(15-18)32-4)25-27-20-9-7-17(6-2)14-23(20)33-25/h7-10,14-16,24,26H,5-6,11-13H2,1-4H3. The number of fused-ring (bicyclic) bond motifs is 1. The molecule has 0 spiro atoms. The average molecular weight is 466 g/mol. The van der Waals surface area contributed by atoms with Crippen molar-refractivity contribution in [2.24, 2.45) is 0 Å². The van der Waals surface area contributed by atoms with Crippen LogP contribution in [0.1, 0.15) is 48.1 Å². The van der Waals surface area contributed by atoms with Crippen LogP contribution in [-0.2, 0) is 12.8 Å². The molecule has 1 N–H and O–H groups in total. The van der Waals surface area contributed by atoms with Crippen molar-refractivity contribution in [3.05, 3.63) is 64.4 Å². The van der Waals surface area contributed by atoms with Gasteiger partial charge >= 0.3 is 0 Å². The third-order valence-corrected chi connectivity index (χ3v) is 6.71. The molecule has 2 aromatic carbocycles. The van der Waals surface area contributed by atoms with Crippen LogP contribution in [0.3, 0.4) is 0 Å². The molecule has 0 radical (unpaired) electrons. The zero-order valence-electron chi connectivity index (χ0n) is 19.7. The molecule has 4 aromatic rings. The monoisotopic (exact) mass is 465 g/mol. The molecule has 2 heterocycles. The lowest BCUT2D eigenvalue weighted by Gasteiger charge is -2.17. The summed E-state index contributed by atoms with van der Waals surface area (Å²) in [4.78, 5) is 4.98. The Bertz CT molecular complexity index is 1200. The minimum absolute atomic E-state index is 0.211. The Morgan fingerprint density at radius 3 is 2.64 bits per heavy atom. The van der Waals surface area contributed by atoms with Crippen molar-refractivity contribution < 1.29 is 9.47 Å². The largest absolute Gasteiger partial charge is 0.493 e. The topological polar surface area (TPSA) is 74.1 Å². The number of hydrogen-bond acceptors (Lipinski definition) is 7. The number of ether oxygens (including phenoxy) is 2. The fraction of sp³-hybridized carbons (Fsp3) is 0.400. The lowest BCUT2D eigenvalue weighted by Crippen LogP contribution is -2.17. The number of aryl methyl sites for hydroxylation is 1. The zero-order chi connectivity index (χ0) is 23.2. The Kier molecular flexibility index (Phi) is 7.57. The molecule has 2 aromatic heterocycles. The molecule has 0 bridgehead atoms. The maximum atomic E-state index is 5.57. The van der Waals surface area contributed by atoms with Gasteiger partial charge in [-0.25, -0.2) is 9.67 Å². The number of nitrogens with one attached hydrogen (secondary N) is 1. The highest BCUT2D eigenvalue weighted by Crippen LogP contribution is 2.37. The predicted molar refractivity (Wildman–Crippen MR) is 133 cm³/mol. The third-order valence-electron chi connectivity index (χ3n) is 5.64. The molecule has 33 heavy (non-hydrogen) atoms. The number of nitrogens with zero attached hydrogens (tertiary/aromatic N) is 4. The number of benzene rings is 2. The van der Waals surface area contributed by atoms with Gasteiger partial charge in [0.05, 0.1) is 30.1 Å². The molecule has 8 heteroatoms. The summed E-state index contributed by atoms with van der Waals surface area (Å²) in [6, 6.07) is 12.2. The summed E-state index contributed by atoms with van der Waals surface area (Å²) in [5.74, 6) is 1.37. The van der Waals surface area contributed by atoms with E-state index < -0.39 is 0 Å². The summed E-state index contributed by atoms with van der Waals surface area (Å²) in [7, 11) is 3.29. The highest BCUT2D eigenvalue weighted by Gasteiger charge is 2.24. The maximum Gasteiger partial charge on any atom is 0.161 e. The smallest absolute Gasteiger partial charge is 0.161 e. The van der Waals surface area contributed by atoms with E-state index in [0.717, 1.165) is 54.1 Å². The van der Waals surface area contributed by atoms with Gasteiger partial charge in [-0.15, -0.1) is 16.4 Å². The minimum Gasteiger partial charge on any atom is -0.493 e. The van der Waals surface area contributed by atoms with E-state index in [9.17, 15) is 0 Å². The van der Waals surface area contributed by atoms with Gasteiger partial charge in [0.25, 0.3) is 0 Å². The van der Waals surface area contributed by atoms with Crippen LogP contribution in [0.4, 0.5) is 0 Å². The van der Waals surface area contributed by atoms with Crippen molar-refractivity contribution in [3.63, 3.8) is 0 Å². The molecule has 174 valence electrons. The number of thiazole rings is 1. The Morgan fingerprint density at radius 1 is 1.03 bits per heavy atom. The van der Waals surface area contributed by atoms with Crippen LogP contribution in [0.25, 0.3) is 10.2 Å². The van der Waals surface area contributed by atoms with Crippen LogP contribution in [0, 0.1) is 0 Å². The number of rotatable bonds is 11. The van der Waals surface area contributed by atoms with Crippen LogP contribution in [0.5, 0.6) is 11.5 Å². The van der Waals surface area contributed by atoms with Crippen molar-refractivity contribution >= 4 is 21.6 Å². The first-order valence-corrected chi connectivity index (χ1v) is 12.2. The second-order valence-corrected chi connectivity index (χ2v) is 8.98. The third kappa shape index (κ3) is 5.17. The Labute approximate surface area is 198 Å². The Balaban J connectivity index is 1.74. The fourth-order valence-corrected chi connectivity index (χ4v) is 4.98. The van der Waals surface area contributed by atoms with Gasteiger partial charge in [-0.2, -0.15) is 0 Å². The molecule has 1 atom stereocenters.